The molecule has 3 nitrogen and oxygen atoms in total. The molecule has 2 aromatic heterocycles. The van der Waals surface area contributed by atoms with Gasteiger partial charge in [-0.2, -0.15) is 0 Å². The zero-order valence-electron chi connectivity index (χ0n) is 15.3. The van der Waals surface area contributed by atoms with E-state index in [-0.39, 0.29) is 5.63 Å². The second-order valence-electron chi connectivity index (χ2n) is 7.92. The van der Waals surface area contributed by atoms with E-state index in [9.17, 15) is 4.79 Å². The van der Waals surface area contributed by atoms with Gasteiger partial charge < -0.3 is 9.32 Å². The van der Waals surface area contributed by atoms with Gasteiger partial charge in [0.2, 0.25) is 0 Å². The zero-order valence-corrected chi connectivity index (χ0v) is 16.1. The summed E-state index contributed by atoms with van der Waals surface area (Å²) in [6.07, 6.45) is 3.85. The minimum absolute atomic E-state index is 0.225. The average Bonchev–Trinajstić information content (AvgIpc) is 3.34. The van der Waals surface area contributed by atoms with Gasteiger partial charge in [-0.05, 0) is 49.3 Å². The second-order valence-corrected chi connectivity index (χ2v) is 8.92. The third-order valence-electron chi connectivity index (χ3n) is 6.26. The van der Waals surface area contributed by atoms with Crippen molar-refractivity contribution in [2.75, 3.05) is 6.54 Å². The lowest BCUT2D eigenvalue weighted by atomic mass is 9.94. The molecule has 2 aliphatic rings. The summed E-state index contributed by atoms with van der Waals surface area (Å²) < 4.78 is 5.57. The largest absolute Gasteiger partial charge is 0.422 e. The molecule has 1 N–H and O–H groups in total. The molecular weight excluding hydrogens is 342 g/mol. The van der Waals surface area contributed by atoms with E-state index in [1.807, 2.05) is 18.3 Å². The fraction of sp³-hybridized carbons (Fsp3) is 0.409. The van der Waals surface area contributed by atoms with Crippen LogP contribution in [0.5, 0.6) is 0 Å². The van der Waals surface area contributed by atoms with Crippen LogP contribution in [0.2, 0.25) is 0 Å². The molecule has 0 radical (unpaired) electrons. The average molecular weight is 367 g/mol. The van der Waals surface area contributed by atoms with E-state index in [1.54, 1.807) is 21.4 Å². The van der Waals surface area contributed by atoms with E-state index < -0.39 is 0 Å². The van der Waals surface area contributed by atoms with E-state index in [1.165, 1.54) is 18.4 Å². The number of rotatable bonds is 3. The number of fused-ring (bicyclic) bond motifs is 2. The maximum absolute atomic E-state index is 12.2. The molecule has 1 unspecified atom stereocenters. The van der Waals surface area contributed by atoms with Gasteiger partial charge in [0.05, 0.1) is 6.54 Å². The van der Waals surface area contributed by atoms with Gasteiger partial charge in [-0.3, -0.25) is 0 Å². The molecule has 1 aliphatic heterocycles. The highest BCUT2D eigenvalue weighted by atomic mass is 32.1. The lowest BCUT2D eigenvalue weighted by Crippen LogP contribution is -3.12. The summed E-state index contributed by atoms with van der Waals surface area (Å²) in [5.74, 6) is 0.814. The van der Waals surface area contributed by atoms with Crippen LogP contribution in [0, 0.1) is 19.8 Å². The Morgan fingerprint density at radius 1 is 1.23 bits per heavy atom. The predicted octanol–water partition coefficient (Wildman–Crippen LogP) is 3.56. The van der Waals surface area contributed by atoms with Gasteiger partial charge in [0.1, 0.15) is 18.2 Å². The van der Waals surface area contributed by atoms with Crippen molar-refractivity contribution in [3.8, 4) is 0 Å². The Morgan fingerprint density at radius 2 is 2.08 bits per heavy atom. The van der Waals surface area contributed by atoms with Gasteiger partial charge in [-0.15, -0.1) is 11.3 Å². The molecule has 4 heteroatoms. The zero-order chi connectivity index (χ0) is 17.8. The molecule has 5 rings (SSSR count). The van der Waals surface area contributed by atoms with Gasteiger partial charge in [0.15, 0.2) is 0 Å². The molecule has 26 heavy (non-hydrogen) atoms. The molecule has 134 valence electrons. The van der Waals surface area contributed by atoms with Gasteiger partial charge in [0, 0.05) is 39.8 Å². The normalized spacial score (nSPS) is 22.5. The summed E-state index contributed by atoms with van der Waals surface area (Å²) >= 11 is 1.91. The molecule has 1 saturated carbocycles. The van der Waals surface area contributed by atoms with Crippen LogP contribution in [0.25, 0.3) is 11.0 Å². The van der Waals surface area contributed by atoms with Gasteiger partial charge >= 0.3 is 5.63 Å². The van der Waals surface area contributed by atoms with E-state index in [0.717, 1.165) is 47.5 Å². The quantitative estimate of drug-likeness (QED) is 0.719. The maximum atomic E-state index is 12.2. The minimum atomic E-state index is -0.225. The van der Waals surface area contributed by atoms with E-state index in [4.69, 9.17) is 4.42 Å². The van der Waals surface area contributed by atoms with Crippen molar-refractivity contribution in [3.63, 3.8) is 0 Å². The standard InChI is InChI=1S/C22H23NO2S/c1-13-3-6-17-16(11-20(24)25-22(17)14(13)2)12-23-9-7-19-18(8-10-26-19)21(23)15-4-5-15/h3,6,8,10-11,15,21H,4-5,7,9,12H2,1-2H3/p+1/t21-/m1/s1. The van der Waals surface area contributed by atoms with Crippen molar-refractivity contribution in [1.82, 2.24) is 0 Å². The Kier molecular flexibility index (Phi) is 3.80. The molecule has 2 atom stereocenters. The lowest BCUT2D eigenvalue weighted by Gasteiger charge is -2.33. The van der Waals surface area contributed by atoms with Crippen LogP contribution in [0.15, 0.2) is 38.9 Å². The molecule has 1 aromatic carbocycles. The third kappa shape index (κ3) is 2.63. The highest BCUT2D eigenvalue weighted by Gasteiger charge is 2.43. The molecule has 0 amide bonds. The molecule has 1 aliphatic carbocycles. The summed E-state index contributed by atoms with van der Waals surface area (Å²) in [6.45, 7) is 6.17. The Morgan fingerprint density at radius 3 is 2.88 bits per heavy atom. The number of aryl methyl sites for hydroxylation is 2. The molecule has 0 saturated heterocycles. The Balaban J connectivity index is 1.57. The van der Waals surface area contributed by atoms with Crippen LogP contribution in [0.4, 0.5) is 0 Å². The lowest BCUT2D eigenvalue weighted by molar-refractivity contribution is -0.949. The Labute approximate surface area is 157 Å². The number of quaternary nitrogens is 1. The highest BCUT2D eigenvalue weighted by Crippen LogP contribution is 2.42. The van der Waals surface area contributed by atoms with E-state index in [0.29, 0.717) is 6.04 Å². The third-order valence-corrected chi connectivity index (χ3v) is 7.25. The summed E-state index contributed by atoms with van der Waals surface area (Å²) in [5, 5.41) is 3.35. The van der Waals surface area contributed by atoms with Crippen molar-refractivity contribution in [1.29, 1.82) is 0 Å². The molecule has 3 heterocycles. The summed E-state index contributed by atoms with van der Waals surface area (Å²) in [5.41, 5.74) is 5.49. The molecule has 0 spiro atoms. The van der Waals surface area contributed by atoms with Crippen molar-refractivity contribution in [2.24, 2.45) is 5.92 Å². The van der Waals surface area contributed by atoms with Crippen LogP contribution in [-0.4, -0.2) is 6.54 Å². The van der Waals surface area contributed by atoms with Crippen molar-refractivity contribution < 1.29 is 9.32 Å². The fourth-order valence-corrected chi connectivity index (χ4v) is 5.54. The summed E-state index contributed by atoms with van der Waals surface area (Å²) in [4.78, 5) is 15.4. The van der Waals surface area contributed by atoms with Crippen LogP contribution in [0.3, 0.4) is 0 Å². The van der Waals surface area contributed by atoms with Gasteiger partial charge in [-0.1, -0.05) is 12.1 Å². The van der Waals surface area contributed by atoms with Crippen LogP contribution < -0.4 is 10.5 Å². The number of nitrogens with one attached hydrogen (secondary N) is 1. The number of hydrogen-bond acceptors (Lipinski definition) is 3. The topological polar surface area (TPSA) is 34.7 Å². The first kappa shape index (κ1) is 16.3. The SMILES string of the molecule is Cc1ccc2c(C[NH+]3CCc4sccc4[C@H]3C3CC3)cc(=O)oc2c1C. The van der Waals surface area contributed by atoms with E-state index in [2.05, 4.69) is 30.5 Å². The van der Waals surface area contributed by atoms with Crippen LogP contribution in [0.1, 0.15) is 46.0 Å². The number of hydrogen-bond donors (Lipinski definition) is 1. The first-order valence-electron chi connectivity index (χ1n) is 9.55. The predicted molar refractivity (Wildman–Crippen MR) is 105 cm³/mol. The first-order valence-corrected chi connectivity index (χ1v) is 10.4. The molecule has 3 aromatic rings. The maximum Gasteiger partial charge on any atom is 0.336 e. The van der Waals surface area contributed by atoms with Gasteiger partial charge in [-0.25, -0.2) is 4.79 Å². The van der Waals surface area contributed by atoms with Crippen molar-refractivity contribution in [3.05, 3.63) is 67.2 Å². The Hall–Kier alpha value is -1.91. The fourth-order valence-electron chi connectivity index (χ4n) is 4.61. The highest BCUT2D eigenvalue weighted by molar-refractivity contribution is 7.10. The van der Waals surface area contributed by atoms with Crippen LogP contribution in [-0.2, 0) is 13.0 Å². The number of thiophene rings is 1. The Bertz CT molecular complexity index is 1040. The second kappa shape index (κ2) is 6.07. The van der Waals surface area contributed by atoms with E-state index >= 15 is 0 Å². The summed E-state index contributed by atoms with van der Waals surface area (Å²) in [6, 6.07) is 8.92. The van der Waals surface area contributed by atoms with Crippen LogP contribution >= 0.6 is 11.3 Å². The van der Waals surface area contributed by atoms with Crippen molar-refractivity contribution >= 4 is 22.3 Å². The van der Waals surface area contributed by atoms with Crippen molar-refractivity contribution in [2.45, 2.75) is 45.7 Å². The molecular formula is C22H24NO2S+. The monoisotopic (exact) mass is 366 g/mol. The number of benzene rings is 1. The first-order chi connectivity index (χ1) is 12.6. The molecule has 0 bridgehead atoms. The minimum Gasteiger partial charge on any atom is -0.422 e. The summed E-state index contributed by atoms with van der Waals surface area (Å²) in [7, 11) is 0. The smallest absolute Gasteiger partial charge is 0.336 e. The molecule has 1 fully saturated rings. The van der Waals surface area contributed by atoms with Gasteiger partial charge in [0.25, 0.3) is 0 Å².